The van der Waals surface area contributed by atoms with Crippen molar-refractivity contribution in [1.82, 2.24) is 0 Å². The highest BCUT2D eigenvalue weighted by atomic mass is 35.7. The molecule has 17 heavy (non-hydrogen) atoms. The molecular weight excluding hydrogens is 267 g/mol. The Kier molecular flexibility index (Phi) is 3.46. The first-order valence-corrected chi connectivity index (χ1v) is 10.1. The first-order valence-electron chi connectivity index (χ1n) is 5.93. The normalized spacial score (nSPS) is 22.5. The van der Waals surface area contributed by atoms with Gasteiger partial charge in [-0.2, -0.15) is 0 Å². The summed E-state index contributed by atoms with van der Waals surface area (Å²) in [6.45, 7) is 6.13. The van der Waals surface area contributed by atoms with Crippen LogP contribution in [0.25, 0.3) is 0 Å². The molecule has 0 heterocycles. The van der Waals surface area contributed by atoms with Gasteiger partial charge in [0, 0.05) is 11.1 Å². The molecule has 0 aromatic carbocycles. The predicted molar refractivity (Wildman–Crippen MR) is 80.0 cm³/mol. The van der Waals surface area contributed by atoms with Crippen molar-refractivity contribution in [3.63, 3.8) is 0 Å². The van der Waals surface area contributed by atoms with Crippen LogP contribution in [0.1, 0.15) is 27.7 Å². The molecule has 0 saturated carbocycles. The van der Waals surface area contributed by atoms with E-state index >= 15 is 0 Å². The lowest BCUT2D eigenvalue weighted by Gasteiger charge is -2.34. The standard InChI is InChI=1S/C14H18Cl2Si/c1-9-5-6-10(2)13(9)17(15,16)14-11(3)7-8-12(14)4/h5-8,13-14H,1-4H3. The second-order valence-corrected chi connectivity index (χ2v) is 12.0. The lowest BCUT2D eigenvalue weighted by molar-refractivity contribution is 1.03. The van der Waals surface area contributed by atoms with Crippen molar-refractivity contribution < 1.29 is 0 Å². The Balaban J connectivity index is 2.37. The first-order chi connectivity index (χ1) is 7.85. The Hall–Kier alpha value is -0.243. The highest BCUT2D eigenvalue weighted by Gasteiger charge is 2.50. The average Bonchev–Trinajstić information content (AvgIpc) is 2.71. The fraction of sp³-hybridized carbons (Fsp3) is 0.429. The van der Waals surface area contributed by atoms with E-state index in [1.54, 1.807) is 0 Å². The van der Waals surface area contributed by atoms with Crippen molar-refractivity contribution in [3.05, 3.63) is 46.6 Å². The Bertz CT molecular complexity index is 389. The maximum absolute atomic E-state index is 6.87. The summed E-state index contributed by atoms with van der Waals surface area (Å²) < 4.78 is 0. The van der Waals surface area contributed by atoms with E-state index in [0.29, 0.717) is 0 Å². The third-order valence-corrected chi connectivity index (χ3v) is 9.79. The van der Waals surface area contributed by atoms with E-state index in [9.17, 15) is 0 Å². The lowest BCUT2D eigenvalue weighted by Crippen LogP contribution is -2.34. The van der Waals surface area contributed by atoms with Crippen LogP contribution in [0.5, 0.6) is 0 Å². The molecule has 92 valence electrons. The molecule has 0 spiro atoms. The largest absolute Gasteiger partial charge is 0.272 e. The Labute approximate surface area is 114 Å². The second-order valence-electron chi connectivity index (χ2n) is 5.18. The molecule has 0 N–H and O–H groups in total. The zero-order valence-corrected chi connectivity index (χ0v) is 13.2. The third kappa shape index (κ3) is 2.09. The fourth-order valence-corrected chi connectivity index (χ4v) is 10.3. The molecule has 3 heteroatoms. The van der Waals surface area contributed by atoms with Crippen LogP contribution in [0, 0.1) is 0 Å². The third-order valence-electron chi connectivity index (χ3n) is 3.81. The van der Waals surface area contributed by atoms with Gasteiger partial charge in [0.25, 0.3) is 6.69 Å². The molecule has 0 bridgehead atoms. The van der Waals surface area contributed by atoms with Gasteiger partial charge in [-0.3, -0.25) is 0 Å². The van der Waals surface area contributed by atoms with Crippen LogP contribution in [0.15, 0.2) is 46.6 Å². The molecule has 0 fully saturated rings. The highest BCUT2D eigenvalue weighted by Crippen LogP contribution is 2.55. The van der Waals surface area contributed by atoms with Crippen LogP contribution >= 0.6 is 22.2 Å². The van der Waals surface area contributed by atoms with Crippen LogP contribution in [0.3, 0.4) is 0 Å². The summed E-state index contributed by atoms with van der Waals surface area (Å²) in [7, 11) is 0. The van der Waals surface area contributed by atoms with E-state index in [2.05, 4.69) is 52.0 Å². The monoisotopic (exact) mass is 284 g/mol. The van der Waals surface area contributed by atoms with Gasteiger partial charge in [0.2, 0.25) is 0 Å². The quantitative estimate of drug-likeness (QED) is 0.467. The molecule has 0 aromatic rings. The zero-order valence-electron chi connectivity index (χ0n) is 10.7. The van der Waals surface area contributed by atoms with E-state index in [-0.39, 0.29) is 11.1 Å². The van der Waals surface area contributed by atoms with Gasteiger partial charge < -0.3 is 0 Å². The minimum absolute atomic E-state index is 0.264. The maximum atomic E-state index is 6.87. The van der Waals surface area contributed by atoms with Crippen molar-refractivity contribution >= 4 is 28.9 Å². The summed E-state index contributed by atoms with van der Waals surface area (Å²) in [6.07, 6.45) is 8.61. The number of hydrogen-bond acceptors (Lipinski definition) is 0. The molecule has 0 radical (unpaired) electrons. The van der Waals surface area contributed by atoms with Crippen molar-refractivity contribution in [2.75, 3.05) is 0 Å². The van der Waals surface area contributed by atoms with Crippen LogP contribution in [-0.2, 0) is 0 Å². The van der Waals surface area contributed by atoms with Crippen LogP contribution in [-0.4, -0.2) is 6.69 Å². The molecule has 0 aromatic heterocycles. The lowest BCUT2D eigenvalue weighted by atomic mass is 10.2. The summed E-state index contributed by atoms with van der Waals surface area (Å²) in [4.78, 5) is 0. The zero-order chi connectivity index (χ0) is 12.8. The minimum Gasteiger partial charge on any atom is -0.144 e. The second kappa shape index (κ2) is 4.45. The van der Waals surface area contributed by atoms with E-state index in [4.69, 9.17) is 22.2 Å². The van der Waals surface area contributed by atoms with E-state index in [1.807, 2.05) is 0 Å². The van der Waals surface area contributed by atoms with Crippen molar-refractivity contribution in [2.45, 2.75) is 38.8 Å². The van der Waals surface area contributed by atoms with Crippen molar-refractivity contribution in [2.24, 2.45) is 0 Å². The van der Waals surface area contributed by atoms with Crippen LogP contribution < -0.4 is 0 Å². The molecule has 0 atom stereocenters. The number of halogens is 2. The Morgan fingerprint density at radius 2 is 0.941 bits per heavy atom. The summed E-state index contributed by atoms with van der Waals surface area (Å²) >= 11 is 13.7. The summed E-state index contributed by atoms with van der Waals surface area (Å²) in [5.41, 5.74) is 5.78. The summed E-state index contributed by atoms with van der Waals surface area (Å²) in [6, 6.07) is 0. The Morgan fingerprint density at radius 1 is 0.706 bits per heavy atom. The molecule has 0 aliphatic heterocycles. The van der Waals surface area contributed by atoms with Gasteiger partial charge in [-0.15, -0.1) is 22.2 Å². The van der Waals surface area contributed by atoms with Gasteiger partial charge in [0.05, 0.1) is 0 Å². The SMILES string of the molecule is CC1=CC=C(C)C1[Si](Cl)(Cl)C1C(C)=CC=C1C. The average molecular weight is 285 g/mol. The van der Waals surface area contributed by atoms with Crippen molar-refractivity contribution in [3.8, 4) is 0 Å². The molecule has 0 nitrogen and oxygen atoms in total. The molecule has 2 rings (SSSR count). The number of rotatable bonds is 2. The first kappa shape index (κ1) is 13.2. The van der Waals surface area contributed by atoms with E-state index in [1.165, 1.54) is 22.3 Å². The van der Waals surface area contributed by atoms with Crippen LogP contribution in [0.2, 0.25) is 11.1 Å². The maximum Gasteiger partial charge on any atom is 0.272 e. The van der Waals surface area contributed by atoms with Gasteiger partial charge in [-0.05, 0) is 27.7 Å². The van der Waals surface area contributed by atoms with Gasteiger partial charge in [-0.1, -0.05) is 46.6 Å². The Morgan fingerprint density at radius 3 is 1.18 bits per heavy atom. The molecule has 0 saturated heterocycles. The number of allylic oxidation sites excluding steroid dienone is 8. The van der Waals surface area contributed by atoms with Gasteiger partial charge in [0.15, 0.2) is 0 Å². The molecule has 2 aliphatic carbocycles. The minimum atomic E-state index is -2.42. The molecular formula is C14H18Cl2Si. The van der Waals surface area contributed by atoms with E-state index in [0.717, 1.165) is 0 Å². The topological polar surface area (TPSA) is 0 Å². The molecule has 0 amide bonds. The molecule has 0 unspecified atom stereocenters. The van der Waals surface area contributed by atoms with Gasteiger partial charge in [0.1, 0.15) is 0 Å². The molecule has 2 aliphatic rings. The van der Waals surface area contributed by atoms with Crippen molar-refractivity contribution in [1.29, 1.82) is 0 Å². The van der Waals surface area contributed by atoms with Gasteiger partial charge in [-0.25, -0.2) is 0 Å². The van der Waals surface area contributed by atoms with Crippen LogP contribution in [0.4, 0.5) is 0 Å². The summed E-state index contributed by atoms with van der Waals surface area (Å²) in [5.74, 6) is 0. The predicted octanol–water partition coefficient (Wildman–Crippen LogP) is 5.46. The smallest absolute Gasteiger partial charge is 0.144 e. The van der Waals surface area contributed by atoms with E-state index < -0.39 is 6.69 Å². The number of hydrogen-bond donors (Lipinski definition) is 0. The summed E-state index contributed by atoms with van der Waals surface area (Å²) in [5, 5.41) is 0. The highest BCUT2D eigenvalue weighted by molar-refractivity contribution is 7.47. The van der Waals surface area contributed by atoms with Gasteiger partial charge >= 0.3 is 0 Å². The fourth-order valence-electron chi connectivity index (χ4n) is 3.01.